The van der Waals surface area contributed by atoms with E-state index in [1.54, 1.807) is 0 Å². The maximum atomic E-state index is 2.18. The van der Waals surface area contributed by atoms with Crippen LogP contribution in [0.5, 0.6) is 0 Å². The number of allylic oxidation sites excluding steroid dienone is 4. The fourth-order valence-corrected chi connectivity index (χ4v) is 1.44. The fourth-order valence-electron chi connectivity index (χ4n) is 1.44. The van der Waals surface area contributed by atoms with Gasteiger partial charge in [-0.2, -0.15) is 0 Å². The molecule has 13 heavy (non-hydrogen) atoms. The zero-order chi connectivity index (χ0) is 8.93. The molecule has 0 radical (unpaired) electrons. The highest BCUT2D eigenvalue weighted by Gasteiger charge is 1.99. The van der Waals surface area contributed by atoms with Crippen LogP contribution in [0.25, 0.3) is 5.47 Å². The Hall–Kier alpha value is -1.50. The molecule has 1 heteroatoms. The second-order valence-corrected chi connectivity index (χ2v) is 3.08. The zero-order valence-electron chi connectivity index (χ0n) is 7.48. The molecule has 0 bridgehead atoms. The summed E-state index contributed by atoms with van der Waals surface area (Å²) in [7, 11) is 1.02. The van der Waals surface area contributed by atoms with E-state index in [-0.39, 0.29) is 0 Å². The molecule has 0 spiro atoms. The van der Waals surface area contributed by atoms with Crippen LogP contribution in [0.3, 0.4) is 0 Å². The maximum Gasteiger partial charge on any atom is 0.183 e. The lowest BCUT2D eigenvalue weighted by Crippen LogP contribution is -1.91. The van der Waals surface area contributed by atoms with Gasteiger partial charge in [-0.05, 0) is 5.56 Å². The van der Waals surface area contributed by atoms with Gasteiger partial charge in [-0.1, -0.05) is 60.1 Å². The monoisotopic (exact) mass is 166 g/mol. The van der Waals surface area contributed by atoms with Crippen LogP contribution in [0, 0.1) is 0 Å². The number of rotatable bonds is 1. The van der Waals surface area contributed by atoms with Crippen molar-refractivity contribution in [3.05, 3.63) is 66.2 Å². The van der Waals surface area contributed by atoms with E-state index in [2.05, 4.69) is 54.5 Å². The Bertz CT molecular complexity index is 358. The summed E-state index contributed by atoms with van der Waals surface area (Å²) in [6.07, 6.45) is 8.42. The molecule has 0 N–H and O–H groups in total. The molecule has 0 aliphatic carbocycles. The van der Waals surface area contributed by atoms with Gasteiger partial charge in [0.05, 0.1) is 0 Å². The van der Waals surface area contributed by atoms with Gasteiger partial charge in [0, 0.05) is 0 Å². The minimum absolute atomic E-state index is 1.02. The second kappa shape index (κ2) is 3.95. The van der Waals surface area contributed by atoms with E-state index in [1.807, 2.05) is 6.07 Å². The van der Waals surface area contributed by atoms with E-state index in [4.69, 9.17) is 0 Å². The lowest BCUT2D eigenvalue weighted by atomic mass is 9.67. The first-order chi connectivity index (χ1) is 6.47. The normalized spacial score (nSPS) is 14.6. The molecule has 1 aromatic carbocycles. The van der Waals surface area contributed by atoms with Crippen molar-refractivity contribution in [2.45, 2.75) is 0 Å². The molecule has 2 rings (SSSR count). The Kier molecular flexibility index (Phi) is 2.47. The first-order valence-electron chi connectivity index (χ1n) is 4.54. The van der Waals surface area contributed by atoms with Crippen LogP contribution in [0.4, 0.5) is 0 Å². The third kappa shape index (κ3) is 2.00. The summed E-state index contributed by atoms with van der Waals surface area (Å²) in [4.78, 5) is 0. The molecule has 1 aromatic rings. The van der Waals surface area contributed by atoms with Crippen molar-refractivity contribution >= 4 is 12.8 Å². The minimum atomic E-state index is 1.02. The SMILES string of the molecule is B1C=CC=CC=C1c1ccccc1. The molecule has 1 heterocycles. The van der Waals surface area contributed by atoms with Gasteiger partial charge in [-0.3, -0.25) is 0 Å². The summed E-state index contributed by atoms with van der Waals surface area (Å²) in [6.45, 7) is 0. The lowest BCUT2D eigenvalue weighted by Gasteiger charge is -2.01. The van der Waals surface area contributed by atoms with E-state index < -0.39 is 0 Å². The summed E-state index contributed by atoms with van der Waals surface area (Å²) < 4.78 is 0. The average Bonchev–Trinajstić information content (AvgIpc) is 2.47. The first-order valence-corrected chi connectivity index (χ1v) is 4.54. The smallest absolute Gasteiger partial charge is 0.114 e. The molecule has 0 aromatic heterocycles. The van der Waals surface area contributed by atoms with Crippen LogP contribution in [-0.2, 0) is 0 Å². The summed E-state index contributed by atoms with van der Waals surface area (Å²) in [5, 5.41) is 0. The van der Waals surface area contributed by atoms with Crippen molar-refractivity contribution < 1.29 is 0 Å². The summed E-state index contributed by atoms with van der Waals surface area (Å²) >= 11 is 0. The van der Waals surface area contributed by atoms with Crippen LogP contribution in [-0.4, -0.2) is 7.28 Å². The largest absolute Gasteiger partial charge is 0.183 e. The van der Waals surface area contributed by atoms with E-state index in [0.29, 0.717) is 0 Å². The quantitative estimate of drug-likeness (QED) is 0.562. The first kappa shape index (κ1) is 8.12. The van der Waals surface area contributed by atoms with Crippen molar-refractivity contribution in [1.29, 1.82) is 0 Å². The van der Waals surface area contributed by atoms with Gasteiger partial charge < -0.3 is 0 Å². The van der Waals surface area contributed by atoms with Gasteiger partial charge in [-0.15, -0.1) is 5.98 Å². The van der Waals surface area contributed by atoms with Gasteiger partial charge in [0.25, 0.3) is 0 Å². The summed E-state index contributed by atoms with van der Waals surface area (Å²) in [5.74, 6) is 2.18. The standard InChI is InChI=1S/C12H11B/c1-3-7-11(8-4-1)12-9-5-2-6-10-13-12/h1-10,13H. The maximum absolute atomic E-state index is 2.18. The van der Waals surface area contributed by atoms with Crippen molar-refractivity contribution in [3.63, 3.8) is 0 Å². The predicted octanol–water partition coefficient (Wildman–Crippen LogP) is 2.55. The van der Waals surface area contributed by atoms with Crippen molar-refractivity contribution in [2.24, 2.45) is 0 Å². The van der Waals surface area contributed by atoms with Crippen LogP contribution in [0.2, 0.25) is 0 Å². The molecule has 1 aliphatic rings. The Morgan fingerprint density at radius 2 is 1.69 bits per heavy atom. The van der Waals surface area contributed by atoms with Gasteiger partial charge in [-0.25, -0.2) is 0 Å². The Labute approximate surface area is 79.5 Å². The Morgan fingerprint density at radius 1 is 0.846 bits per heavy atom. The van der Waals surface area contributed by atoms with Gasteiger partial charge in [0.15, 0.2) is 7.28 Å². The lowest BCUT2D eigenvalue weighted by molar-refractivity contribution is 1.65. The van der Waals surface area contributed by atoms with Crippen LogP contribution < -0.4 is 0 Å². The number of benzene rings is 1. The molecule has 1 aliphatic heterocycles. The van der Waals surface area contributed by atoms with E-state index in [1.165, 1.54) is 11.0 Å². The van der Waals surface area contributed by atoms with Crippen LogP contribution in [0.15, 0.2) is 60.6 Å². The fraction of sp³-hybridized carbons (Fsp3) is 0. The molecule has 62 valence electrons. The van der Waals surface area contributed by atoms with E-state index >= 15 is 0 Å². The molecular formula is C12H11B. The number of hydrogen-bond donors (Lipinski definition) is 0. The molecule has 0 saturated carbocycles. The van der Waals surface area contributed by atoms with Gasteiger partial charge in [0.2, 0.25) is 0 Å². The molecule has 0 unspecified atom stereocenters. The highest BCUT2D eigenvalue weighted by molar-refractivity contribution is 6.65. The van der Waals surface area contributed by atoms with Gasteiger partial charge >= 0.3 is 0 Å². The zero-order valence-corrected chi connectivity index (χ0v) is 7.48. The highest BCUT2D eigenvalue weighted by Crippen LogP contribution is 2.14. The topological polar surface area (TPSA) is 0 Å². The van der Waals surface area contributed by atoms with E-state index in [0.717, 1.165) is 7.28 Å². The Balaban J connectivity index is 2.32. The second-order valence-electron chi connectivity index (χ2n) is 3.08. The molecule has 0 fully saturated rings. The van der Waals surface area contributed by atoms with E-state index in [9.17, 15) is 0 Å². The van der Waals surface area contributed by atoms with Crippen molar-refractivity contribution in [1.82, 2.24) is 0 Å². The molecule has 0 amide bonds. The predicted molar refractivity (Wildman–Crippen MR) is 59.8 cm³/mol. The van der Waals surface area contributed by atoms with Crippen molar-refractivity contribution in [3.8, 4) is 0 Å². The highest BCUT2D eigenvalue weighted by atomic mass is 13.9. The molecule has 0 nitrogen and oxygen atoms in total. The third-order valence-electron chi connectivity index (χ3n) is 2.14. The summed E-state index contributed by atoms with van der Waals surface area (Å²) in [6, 6.07) is 10.5. The molecular weight excluding hydrogens is 155 g/mol. The van der Waals surface area contributed by atoms with Crippen LogP contribution in [0.1, 0.15) is 5.56 Å². The number of hydrogen-bond acceptors (Lipinski definition) is 0. The third-order valence-corrected chi connectivity index (χ3v) is 2.14. The van der Waals surface area contributed by atoms with Crippen molar-refractivity contribution in [2.75, 3.05) is 0 Å². The minimum Gasteiger partial charge on any atom is -0.114 e. The van der Waals surface area contributed by atoms with Gasteiger partial charge in [0.1, 0.15) is 0 Å². The van der Waals surface area contributed by atoms with Crippen LogP contribution >= 0.6 is 0 Å². The molecule has 0 atom stereocenters. The molecule has 0 saturated heterocycles. The Morgan fingerprint density at radius 3 is 2.54 bits per heavy atom. The average molecular weight is 166 g/mol. The summed E-state index contributed by atoms with van der Waals surface area (Å²) in [5.41, 5.74) is 2.70.